The Morgan fingerprint density at radius 1 is 0.939 bits per heavy atom. The van der Waals surface area contributed by atoms with Gasteiger partial charge in [-0.15, -0.1) is 0 Å². The molecule has 0 aliphatic rings. The van der Waals surface area contributed by atoms with E-state index in [0.29, 0.717) is 28.2 Å². The van der Waals surface area contributed by atoms with Crippen molar-refractivity contribution < 1.29 is 26.3 Å². The Bertz CT molecular complexity index is 1320. The lowest BCUT2D eigenvalue weighted by molar-refractivity contribution is 0.411. The second-order valence-corrected chi connectivity index (χ2v) is 11.3. The molecule has 0 aliphatic carbocycles. The molecule has 1 N–H and O–H groups in total. The van der Waals surface area contributed by atoms with Crippen LogP contribution in [0.15, 0.2) is 70.7 Å². The van der Waals surface area contributed by atoms with Crippen molar-refractivity contribution in [3.63, 3.8) is 0 Å². The van der Waals surface area contributed by atoms with Crippen molar-refractivity contribution in [1.82, 2.24) is 9.71 Å². The number of benzene rings is 2. The number of sulfonamides is 1. The number of nitrogens with zero attached hydrogens (tertiary/aromatic N) is 1. The Balaban J connectivity index is 1.97. The topological polar surface area (TPSA) is 112 Å². The molecule has 1 aromatic heterocycles. The summed E-state index contributed by atoms with van der Waals surface area (Å²) in [5, 5.41) is -1.19. The van der Waals surface area contributed by atoms with E-state index in [-0.39, 0.29) is 16.3 Å². The van der Waals surface area contributed by atoms with Crippen molar-refractivity contribution in [2.24, 2.45) is 0 Å². The first-order valence-corrected chi connectivity index (χ1v) is 13.1. The van der Waals surface area contributed by atoms with Gasteiger partial charge in [0.05, 0.1) is 24.0 Å². The molecule has 33 heavy (non-hydrogen) atoms. The van der Waals surface area contributed by atoms with Crippen LogP contribution in [0.3, 0.4) is 0 Å². The first-order chi connectivity index (χ1) is 15.6. The Kier molecular flexibility index (Phi) is 7.41. The Hall–Kier alpha value is -2.95. The lowest BCUT2D eigenvalue weighted by Gasteiger charge is -2.20. The van der Waals surface area contributed by atoms with Gasteiger partial charge < -0.3 is 9.47 Å². The summed E-state index contributed by atoms with van der Waals surface area (Å²) in [4.78, 5) is 4.12. The van der Waals surface area contributed by atoms with Crippen molar-refractivity contribution >= 4 is 19.9 Å². The van der Waals surface area contributed by atoms with E-state index in [1.165, 1.54) is 44.8 Å². The fraction of sp³-hybridized carbons (Fsp3) is 0.261. The number of ether oxygens (including phenoxy) is 2. The third-order valence-corrected chi connectivity index (χ3v) is 8.94. The van der Waals surface area contributed by atoms with Gasteiger partial charge in [-0.1, -0.05) is 6.07 Å². The minimum atomic E-state index is -4.01. The van der Waals surface area contributed by atoms with Crippen LogP contribution in [0.25, 0.3) is 0 Å². The molecule has 0 bridgehead atoms. The first-order valence-electron chi connectivity index (χ1n) is 10.0. The molecule has 8 nitrogen and oxygen atoms in total. The minimum absolute atomic E-state index is 0.0489. The summed E-state index contributed by atoms with van der Waals surface area (Å²) in [6.45, 7) is 3.03. The molecule has 1 unspecified atom stereocenters. The minimum Gasteiger partial charge on any atom is -0.497 e. The maximum Gasteiger partial charge on any atom is 0.240 e. The van der Waals surface area contributed by atoms with Crippen molar-refractivity contribution in [2.45, 2.75) is 28.9 Å². The number of methoxy groups -OCH3 is 2. The molecule has 0 radical (unpaired) electrons. The molecule has 176 valence electrons. The van der Waals surface area contributed by atoms with Crippen LogP contribution in [0.4, 0.5) is 0 Å². The molecule has 0 amide bonds. The van der Waals surface area contributed by atoms with Crippen LogP contribution < -0.4 is 14.2 Å². The predicted octanol–water partition coefficient (Wildman–Crippen LogP) is 3.21. The molecule has 0 saturated heterocycles. The quantitative estimate of drug-likeness (QED) is 0.490. The number of aromatic nitrogens is 1. The molecular formula is C23H26N2O6S2. The highest BCUT2D eigenvalue weighted by Gasteiger charge is 2.31. The average molecular weight is 491 g/mol. The number of hydrogen-bond donors (Lipinski definition) is 1. The van der Waals surface area contributed by atoms with E-state index in [1.54, 1.807) is 44.2 Å². The maximum absolute atomic E-state index is 13.5. The van der Waals surface area contributed by atoms with Gasteiger partial charge in [0.2, 0.25) is 10.0 Å². The van der Waals surface area contributed by atoms with E-state index in [1.807, 2.05) is 0 Å². The molecule has 0 fully saturated rings. The lowest BCUT2D eigenvalue weighted by Crippen LogP contribution is -2.32. The van der Waals surface area contributed by atoms with Gasteiger partial charge in [0, 0.05) is 18.9 Å². The normalized spacial score (nSPS) is 12.8. The van der Waals surface area contributed by atoms with Gasteiger partial charge in [0.1, 0.15) is 16.7 Å². The summed E-state index contributed by atoms with van der Waals surface area (Å²) >= 11 is 0. The molecule has 10 heteroatoms. The number of aryl methyl sites for hydroxylation is 2. The molecule has 1 atom stereocenters. The average Bonchev–Trinajstić information content (AvgIpc) is 2.80. The van der Waals surface area contributed by atoms with Gasteiger partial charge in [-0.25, -0.2) is 21.6 Å². The van der Waals surface area contributed by atoms with Crippen LogP contribution in [0.2, 0.25) is 0 Å². The highest BCUT2D eigenvalue weighted by Crippen LogP contribution is 2.30. The molecule has 0 aliphatic heterocycles. The summed E-state index contributed by atoms with van der Waals surface area (Å²) in [7, 11) is -4.96. The molecule has 0 spiro atoms. The largest absolute Gasteiger partial charge is 0.497 e. The van der Waals surface area contributed by atoms with Crippen LogP contribution in [-0.4, -0.2) is 42.6 Å². The predicted molar refractivity (Wildman–Crippen MR) is 125 cm³/mol. The standard InChI is InChI=1S/C23H26N2O6S2/c1-16-13-22(17(2)12-21(16)31-4)33(28,29)25-15-23(18-6-5-11-24-14-18)32(26,27)20-9-7-19(30-3)8-10-20/h5-14,23,25H,15H2,1-4H3. The smallest absolute Gasteiger partial charge is 0.240 e. The molecule has 1 heterocycles. The fourth-order valence-electron chi connectivity index (χ4n) is 3.44. The first kappa shape index (κ1) is 24.7. The highest BCUT2D eigenvalue weighted by molar-refractivity contribution is 7.92. The molecule has 3 aromatic rings. The lowest BCUT2D eigenvalue weighted by atomic mass is 10.1. The van der Waals surface area contributed by atoms with E-state index < -0.39 is 25.1 Å². The van der Waals surface area contributed by atoms with Crippen LogP contribution in [-0.2, 0) is 19.9 Å². The zero-order valence-electron chi connectivity index (χ0n) is 18.8. The second kappa shape index (κ2) is 9.90. The van der Waals surface area contributed by atoms with Gasteiger partial charge in [-0.05, 0) is 73.0 Å². The van der Waals surface area contributed by atoms with Crippen LogP contribution in [0, 0.1) is 13.8 Å². The van der Waals surface area contributed by atoms with Crippen molar-refractivity contribution in [3.05, 3.63) is 77.6 Å². The van der Waals surface area contributed by atoms with E-state index in [9.17, 15) is 16.8 Å². The number of pyridine rings is 1. The highest BCUT2D eigenvalue weighted by atomic mass is 32.2. The zero-order valence-corrected chi connectivity index (χ0v) is 20.4. The Labute approximate surface area is 194 Å². The summed E-state index contributed by atoms with van der Waals surface area (Å²) in [5.41, 5.74) is 1.51. The molecule has 0 saturated carbocycles. The molecule has 2 aromatic carbocycles. The summed E-state index contributed by atoms with van der Waals surface area (Å²) in [6, 6.07) is 12.3. The van der Waals surface area contributed by atoms with Gasteiger partial charge in [-0.3, -0.25) is 4.98 Å². The Morgan fingerprint density at radius 2 is 1.64 bits per heavy atom. The second-order valence-electron chi connectivity index (χ2n) is 7.43. The fourth-order valence-corrected chi connectivity index (χ4v) is 6.54. The van der Waals surface area contributed by atoms with E-state index >= 15 is 0 Å². The van der Waals surface area contributed by atoms with Gasteiger partial charge in [0.15, 0.2) is 9.84 Å². The molecule has 3 rings (SSSR count). The van der Waals surface area contributed by atoms with Gasteiger partial charge >= 0.3 is 0 Å². The zero-order chi connectivity index (χ0) is 24.2. The van der Waals surface area contributed by atoms with Crippen molar-refractivity contribution in [3.8, 4) is 11.5 Å². The monoisotopic (exact) mass is 490 g/mol. The van der Waals surface area contributed by atoms with Crippen LogP contribution in [0.1, 0.15) is 21.9 Å². The van der Waals surface area contributed by atoms with Crippen LogP contribution >= 0.6 is 0 Å². The molecular weight excluding hydrogens is 464 g/mol. The Morgan fingerprint density at radius 3 is 2.21 bits per heavy atom. The van der Waals surface area contributed by atoms with Crippen molar-refractivity contribution in [1.29, 1.82) is 0 Å². The summed E-state index contributed by atoms with van der Waals surface area (Å²) in [5.74, 6) is 1.08. The third-order valence-electron chi connectivity index (χ3n) is 5.26. The summed E-state index contributed by atoms with van der Waals surface area (Å²) in [6.07, 6.45) is 2.94. The van der Waals surface area contributed by atoms with Gasteiger partial charge in [-0.2, -0.15) is 0 Å². The van der Waals surface area contributed by atoms with Crippen LogP contribution in [0.5, 0.6) is 11.5 Å². The SMILES string of the molecule is COc1ccc(S(=O)(=O)C(CNS(=O)(=O)c2cc(C)c(OC)cc2C)c2cccnc2)cc1. The third kappa shape index (κ3) is 5.35. The number of nitrogens with one attached hydrogen (secondary N) is 1. The number of hydrogen-bond acceptors (Lipinski definition) is 7. The van der Waals surface area contributed by atoms with E-state index in [4.69, 9.17) is 9.47 Å². The maximum atomic E-state index is 13.5. The van der Waals surface area contributed by atoms with E-state index in [0.717, 1.165) is 0 Å². The summed E-state index contributed by atoms with van der Waals surface area (Å²) < 4.78 is 66.0. The number of rotatable bonds is 9. The number of sulfone groups is 1. The van der Waals surface area contributed by atoms with Crippen molar-refractivity contribution in [2.75, 3.05) is 20.8 Å². The van der Waals surface area contributed by atoms with Gasteiger partial charge in [0.25, 0.3) is 0 Å². The van der Waals surface area contributed by atoms with E-state index in [2.05, 4.69) is 9.71 Å².